The van der Waals surface area contributed by atoms with Crippen molar-refractivity contribution in [3.8, 4) is 0 Å². The summed E-state index contributed by atoms with van der Waals surface area (Å²) < 4.78 is 21.9. The second-order valence-corrected chi connectivity index (χ2v) is 4.97. The van der Waals surface area contributed by atoms with Gasteiger partial charge in [0.15, 0.2) is 0 Å². The molecule has 0 aliphatic carbocycles. The number of benzene rings is 1. The van der Waals surface area contributed by atoms with E-state index in [0.717, 1.165) is 11.3 Å². The molecule has 78 valence electrons. The molecule has 0 N–H and O–H groups in total. The van der Waals surface area contributed by atoms with Crippen molar-refractivity contribution in [3.05, 3.63) is 34.4 Å². The first-order valence-electron chi connectivity index (χ1n) is 3.86. The molecule has 0 amide bonds. The summed E-state index contributed by atoms with van der Waals surface area (Å²) in [7, 11) is 0. The topological polar surface area (TPSA) is 83.3 Å². The number of thiophene rings is 1. The molecule has 2 aromatic rings. The first-order chi connectivity index (χ1) is 7.09. The van der Waals surface area contributed by atoms with E-state index in [0.29, 0.717) is 10.1 Å². The van der Waals surface area contributed by atoms with Crippen LogP contribution in [0.25, 0.3) is 10.1 Å². The fraction of sp³-hybridized carbons (Fsp3) is 0. The number of nitro benzene ring substituents is 1. The Bertz CT molecular complexity index is 563. The van der Waals surface area contributed by atoms with Crippen molar-refractivity contribution in [2.75, 3.05) is 0 Å². The average molecular weight is 242 g/mol. The van der Waals surface area contributed by atoms with Crippen LogP contribution < -0.4 is 0 Å². The molecule has 1 aromatic heterocycles. The molecule has 0 spiro atoms. The standard InChI is InChI=1S/C8H5NO4S2/c10-9(11)6-3-1-2-5-4-7(15(12)13)14-8(5)6/h1-4H,(H,12,13)/p-1. The van der Waals surface area contributed by atoms with Crippen molar-refractivity contribution in [2.24, 2.45) is 0 Å². The average Bonchev–Trinajstić information content (AvgIpc) is 2.60. The van der Waals surface area contributed by atoms with E-state index in [4.69, 9.17) is 0 Å². The number of hydrogen-bond donors (Lipinski definition) is 0. The summed E-state index contributed by atoms with van der Waals surface area (Å²) in [5.41, 5.74) is -0.0609. The smallest absolute Gasteiger partial charge is 0.287 e. The summed E-state index contributed by atoms with van der Waals surface area (Å²) in [5.74, 6) is 0. The van der Waals surface area contributed by atoms with Crippen molar-refractivity contribution in [1.29, 1.82) is 0 Å². The number of rotatable bonds is 2. The van der Waals surface area contributed by atoms with Gasteiger partial charge >= 0.3 is 0 Å². The van der Waals surface area contributed by atoms with Crippen LogP contribution in [0.5, 0.6) is 0 Å². The maximum absolute atomic E-state index is 10.7. The highest BCUT2D eigenvalue weighted by atomic mass is 32.2. The zero-order valence-electron chi connectivity index (χ0n) is 7.21. The molecule has 0 saturated heterocycles. The Morgan fingerprint density at radius 3 is 2.73 bits per heavy atom. The molecule has 1 aromatic carbocycles. The third-order valence-corrected chi connectivity index (χ3v) is 3.93. The van der Waals surface area contributed by atoms with E-state index in [1.807, 2.05) is 0 Å². The third-order valence-electron chi connectivity index (χ3n) is 1.86. The summed E-state index contributed by atoms with van der Waals surface area (Å²) in [6.07, 6.45) is 0. The molecule has 0 radical (unpaired) electrons. The molecule has 1 unspecified atom stereocenters. The monoisotopic (exact) mass is 242 g/mol. The molecular weight excluding hydrogens is 238 g/mol. The molecular formula is C8H4NO4S2-. The first kappa shape index (κ1) is 10.2. The van der Waals surface area contributed by atoms with E-state index in [1.165, 1.54) is 18.2 Å². The van der Waals surface area contributed by atoms with Crippen molar-refractivity contribution in [1.82, 2.24) is 0 Å². The minimum atomic E-state index is -2.34. The first-order valence-corrected chi connectivity index (χ1v) is 5.75. The Morgan fingerprint density at radius 2 is 2.13 bits per heavy atom. The highest BCUT2D eigenvalue weighted by Gasteiger charge is 2.14. The van der Waals surface area contributed by atoms with Crippen molar-refractivity contribution < 1.29 is 13.7 Å². The maximum atomic E-state index is 10.7. The lowest BCUT2D eigenvalue weighted by atomic mass is 10.2. The maximum Gasteiger partial charge on any atom is 0.287 e. The zero-order valence-corrected chi connectivity index (χ0v) is 8.84. The lowest BCUT2D eigenvalue weighted by molar-refractivity contribution is -0.382. The van der Waals surface area contributed by atoms with Crippen LogP contribution in [0.15, 0.2) is 28.5 Å². The molecule has 1 heterocycles. The number of hydrogen-bond acceptors (Lipinski definition) is 5. The van der Waals surface area contributed by atoms with Crippen LogP contribution in [-0.4, -0.2) is 13.7 Å². The van der Waals surface area contributed by atoms with Gasteiger partial charge in [-0.05, 0) is 17.1 Å². The van der Waals surface area contributed by atoms with E-state index < -0.39 is 16.0 Å². The van der Waals surface area contributed by atoms with Gasteiger partial charge in [-0.25, -0.2) is 0 Å². The van der Waals surface area contributed by atoms with Crippen LogP contribution in [0.4, 0.5) is 5.69 Å². The fourth-order valence-corrected chi connectivity index (χ4v) is 2.87. The van der Waals surface area contributed by atoms with Gasteiger partial charge in [-0.3, -0.25) is 14.3 Å². The van der Waals surface area contributed by atoms with E-state index in [2.05, 4.69) is 0 Å². The zero-order chi connectivity index (χ0) is 11.0. The third kappa shape index (κ3) is 1.76. The van der Waals surface area contributed by atoms with Crippen molar-refractivity contribution in [2.45, 2.75) is 4.21 Å². The molecule has 15 heavy (non-hydrogen) atoms. The predicted octanol–water partition coefficient (Wildman–Crippen LogP) is 2.05. The molecule has 0 saturated carbocycles. The summed E-state index contributed by atoms with van der Waals surface area (Å²) in [6, 6.07) is 5.96. The summed E-state index contributed by atoms with van der Waals surface area (Å²) >= 11 is -1.43. The number of non-ortho nitro benzene ring substituents is 1. The summed E-state index contributed by atoms with van der Waals surface area (Å²) in [6.45, 7) is 0. The van der Waals surface area contributed by atoms with Crippen LogP contribution in [0.3, 0.4) is 0 Å². The highest BCUT2D eigenvalue weighted by Crippen LogP contribution is 2.34. The van der Waals surface area contributed by atoms with Gasteiger partial charge < -0.3 is 4.55 Å². The molecule has 7 heteroatoms. The van der Waals surface area contributed by atoms with E-state index in [-0.39, 0.29) is 9.90 Å². The SMILES string of the molecule is O=[N+]([O-])c1cccc2cc(S(=O)[O-])sc12. The van der Waals surface area contributed by atoms with Gasteiger partial charge in [0.25, 0.3) is 5.69 Å². The second-order valence-electron chi connectivity index (χ2n) is 2.75. The van der Waals surface area contributed by atoms with Gasteiger partial charge in [0.1, 0.15) is 4.70 Å². The van der Waals surface area contributed by atoms with Gasteiger partial charge in [0.2, 0.25) is 0 Å². The van der Waals surface area contributed by atoms with Crippen LogP contribution in [0.1, 0.15) is 0 Å². The Balaban J connectivity index is 2.75. The van der Waals surface area contributed by atoms with Crippen LogP contribution >= 0.6 is 11.3 Å². The second kappa shape index (κ2) is 3.69. The van der Waals surface area contributed by atoms with Crippen LogP contribution in [0.2, 0.25) is 0 Å². The molecule has 0 aliphatic heterocycles. The predicted molar refractivity (Wildman–Crippen MR) is 55.7 cm³/mol. The molecule has 0 aliphatic rings. The highest BCUT2D eigenvalue weighted by molar-refractivity contribution is 7.82. The van der Waals surface area contributed by atoms with Crippen molar-refractivity contribution in [3.63, 3.8) is 0 Å². The van der Waals surface area contributed by atoms with Gasteiger partial charge in [-0.1, -0.05) is 12.1 Å². The van der Waals surface area contributed by atoms with Gasteiger partial charge in [0.05, 0.1) is 9.13 Å². The number of nitro groups is 1. The fourth-order valence-electron chi connectivity index (χ4n) is 1.25. The molecule has 0 bridgehead atoms. The van der Waals surface area contributed by atoms with Gasteiger partial charge in [0, 0.05) is 11.5 Å². The quantitative estimate of drug-likeness (QED) is 0.458. The Hall–Kier alpha value is -1.31. The van der Waals surface area contributed by atoms with Crippen LogP contribution in [-0.2, 0) is 11.1 Å². The lowest BCUT2D eigenvalue weighted by Gasteiger charge is -1.97. The normalized spacial score (nSPS) is 12.9. The Kier molecular flexibility index (Phi) is 2.51. The van der Waals surface area contributed by atoms with Gasteiger partial charge in [-0.15, -0.1) is 11.3 Å². The van der Waals surface area contributed by atoms with Gasteiger partial charge in [-0.2, -0.15) is 0 Å². The van der Waals surface area contributed by atoms with E-state index in [1.54, 1.807) is 6.07 Å². The summed E-state index contributed by atoms with van der Waals surface area (Å²) in [5, 5.41) is 11.2. The van der Waals surface area contributed by atoms with Crippen molar-refractivity contribution >= 4 is 38.2 Å². The Morgan fingerprint density at radius 1 is 1.40 bits per heavy atom. The minimum absolute atomic E-state index is 0.0609. The number of fused-ring (bicyclic) bond motifs is 1. The molecule has 2 rings (SSSR count). The largest absolute Gasteiger partial charge is 0.768 e. The minimum Gasteiger partial charge on any atom is -0.768 e. The van der Waals surface area contributed by atoms with E-state index in [9.17, 15) is 18.9 Å². The molecule has 0 fully saturated rings. The molecule has 5 nitrogen and oxygen atoms in total. The Labute approximate surface area is 90.8 Å². The van der Waals surface area contributed by atoms with E-state index >= 15 is 0 Å². The molecule has 1 atom stereocenters. The van der Waals surface area contributed by atoms with Crippen LogP contribution in [0, 0.1) is 10.1 Å². The lowest BCUT2D eigenvalue weighted by Crippen LogP contribution is -1.86. The summed E-state index contributed by atoms with van der Waals surface area (Å²) in [4.78, 5) is 10.1. The number of nitrogens with zero attached hydrogens (tertiary/aromatic N) is 1.